The van der Waals surface area contributed by atoms with Gasteiger partial charge in [0.1, 0.15) is 0 Å². The van der Waals surface area contributed by atoms with E-state index in [-0.39, 0.29) is 16.6 Å². The molecule has 7 heteroatoms. The number of rotatable bonds is 5. The van der Waals surface area contributed by atoms with Crippen molar-refractivity contribution in [1.82, 2.24) is 0 Å². The van der Waals surface area contributed by atoms with Crippen LogP contribution in [-0.4, -0.2) is 32.4 Å². The molecule has 1 heterocycles. The number of hydrogen-bond donors (Lipinski definition) is 0. The van der Waals surface area contributed by atoms with E-state index in [1.165, 1.54) is 11.8 Å². The SMILES string of the molecule is CC(C)(C)C.CC(C)(C)CCCC1(C)C(=O)OC(C)(C)OC1=O.CC(C)(C)c1ccc(CS(C)(=O)=O)cc1. The molecular weight excluding hydrogens is 500 g/mol. The molecule has 0 radical (unpaired) electrons. The molecule has 6 nitrogen and oxygen atoms in total. The maximum absolute atomic E-state index is 12.0. The summed E-state index contributed by atoms with van der Waals surface area (Å²) in [4.78, 5) is 23.9. The fraction of sp³-hybridized carbons (Fsp3) is 0.742. The van der Waals surface area contributed by atoms with E-state index in [2.05, 4.69) is 69.2 Å². The zero-order valence-electron chi connectivity index (χ0n) is 26.5. The molecule has 1 fully saturated rings. The largest absolute Gasteiger partial charge is 0.422 e. The van der Waals surface area contributed by atoms with Crippen molar-refractivity contribution in [2.24, 2.45) is 16.2 Å². The van der Waals surface area contributed by atoms with Gasteiger partial charge in [-0.05, 0) is 47.1 Å². The van der Waals surface area contributed by atoms with Crippen molar-refractivity contribution < 1.29 is 27.5 Å². The minimum atomic E-state index is -2.93. The van der Waals surface area contributed by atoms with E-state index >= 15 is 0 Å². The summed E-state index contributed by atoms with van der Waals surface area (Å²) in [5, 5.41) is 0. The first-order chi connectivity index (χ1) is 16.6. The predicted molar refractivity (Wildman–Crippen MR) is 156 cm³/mol. The topological polar surface area (TPSA) is 86.7 Å². The molecule has 220 valence electrons. The summed E-state index contributed by atoms with van der Waals surface area (Å²) in [6.45, 7) is 26.3. The highest BCUT2D eigenvalue weighted by atomic mass is 32.2. The van der Waals surface area contributed by atoms with E-state index in [0.29, 0.717) is 11.8 Å². The van der Waals surface area contributed by atoms with E-state index in [0.717, 1.165) is 18.4 Å². The first kappa shape index (κ1) is 36.1. The van der Waals surface area contributed by atoms with Gasteiger partial charge in [-0.2, -0.15) is 0 Å². The molecule has 0 saturated carbocycles. The predicted octanol–water partition coefficient (Wildman–Crippen LogP) is 7.63. The number of sulfone groups is 1. The van der Waals surface area contributed by atoms with Crippen LogP contribution in [0.15, 0.2) is 24.3 Å². The van der Waals surface area contributed by atoms with E-state index in [1.54, 1.807) is 20.8 Å². The second-order valence-corrected chi connectivity index (χ2v) is 17.1. The molecule has 0 N–H and O–H groups in total. The Morgan fingerprint density at radius 1 is 0.763 bits per heavy atom. The lowest BCUT2D eigenvalue weighted by Gasteiger charge is -2.38. The van der Waals surface area contributed by atoms with Crippen LogP contribution in [0.2, 0.25) is 0 Å². The van der Waals surface area contributed by atoms with Crippen molar-refractivity contribution in [3.05, 3.63) is 35.4 Å². The molecule has 0 bridgehead atoms. The first-order valence-corrected chi connectivity index (χ1v) is 15.4. The van der Waals surface area contributed by atoms with Crippen molar-refractivity contribution in [2.45, 2.75) is 126 Å². The second kappa shape index (κ2) is 13.0. The van der Waals surface area contributed by atoms with Crippen LogP contribution < -0.4 is 0 Å². The van der Waals surface area contributed by atoms with Crippen molar-refractivity contribution in [1.29, 1.82) is 0 Å². The van der Waals surface area contributed by atoms with Crippen molar-refractivity contribution >= 4 is 21.8 Å². The van der Waals surface area contributed by atoms with Gasteiger partial charge in [-0.15, -0.1) is 0 Å². The zero-order chi connectivity index (χ0) is 30.4. The smallest absolute Gasteiger partial charge is 0.326 e. The maximum atomic E-state index is 12.0. The minimum absolute atomic E-state index is 0.115. The third-order valence-electron chi connectivity index (χ3n) is 5.43. The van der Waals surface area contributed by atoms with Crippen LogP contribution in [-0.2, 0) is 40.1 Å². The third-order valence-corrected chi connectivity index (χ3v) is 6.29. The first-order valence-electron chi connectivity index (χ1n) is 13.4. The Kier molecular flexibility index (Phi) is 12.3. The van der Waals surface area contributed by atoms with Gasteiger partial charge in [0.25, 0.3) is 5.79 Å². The Labute approximate surface area is 233 Å². The Morgan fingerprint density at radius 3 is 1.47 bits per heavy atom. The Bertz CT molecular complexity index is 988. The summed E-state index contributed by atoms with van der Waals surface area (Å²) in [7, 11) is -2.93. The van der Waals surface area contributed by atoms with Crippen LogP contribution in [0.3, 0.4) is 0 Å². The molecule has 2 rings (SSSR count). The summed E-state index contributed by atoms with van der Waals surface area (Å²) < 4.78 is 32.5. The van der Waals surface area contributed by atoms with Crippen LogP contribution in [0.5, 0.6) is 0 Å². The Morgan fingerprint density at radius 2 is 1.16 bits per heavy atom. The quantitative estimate of drug-likeness (QED) is 0.275. The molecular formula is C31H54O6S. The van der Waals surface area contributed by atoms with Gasteiger partial charge in [0.2, 0.25) is 0 Å². The number of benzene rings is 1. The fourth-order valence-corrected chi connectivity index (χ4v) is 4.15. The lowest BCUT2D eigenvalue weighted by Crippen LogP contribution is -2.52. The van der Waals surface area contributed by atoms with E-state index in [1.807, 2.05) is 24.3 Å². The zero-order valence-corrected chi connectivity index (χ0v) is 27.3. The Hall–Kier alpha value is -1.89. The highest BCUT2D eigenvalue weighted by Gasteiger charge is 2.52. The third kappa shape index (κ3) is 15.5. The van der Waals surface area contributed by atoms with Crippen LogP contribution >= 0.6 is 0 Å². The van der Waals surface area contributed by atoms with Crippen molar-refractivity contribution in [3.63, 3.8) is 0 Å². The molecule has 0 aliphatic carbocycles. The number of carbonyl (C=O) groups excluding carboxylic acids is 2. The fourth-order valence-electron chi connectivity index (χ4n) is 3.36. The van der Waals surface area contributed by atoms with E-state index in [4.69, 9.17) is 9.47 Å². The number of cyclic esters (lactones) is 2. The summed E-state index contributed by atoms with van der Waals surface area (Å²) >= 11 is 0. The van der Waals surface area contributed by atoms with Gasteiger partial charge in [-0.1, -0.05) is 99.9 Å². The molecule has 1 aliphatic heterocycles. The summed E-state index contributed by atoms with van der Waals surface area (Å²) in [5.74, 6) is -1.97. The molecule has 38 heavy (non-hydrogen) atoms. The van der Waals surface area contributed by atoms with Crippen molar-refractivity contribution in [3.8, 4) is 0 Å². The standard InChI is InChI=1S/C14H24O4.C12H18O2S.C5H12/c1-12(2,3)8-7-9-14(6)10(15)17-13(4,5)18-11(14)16;1-12(2,3)11-7-5-10(6-8-11)9-15(4,13)14;1-5(2,3)4/h7-9H2,1-6H3;5-8H,9H2,1-4H3;1-4H3. The lowest BCUT2D eigenvalue weighted by atomic mass is 9.80. The molecule has 0 unspecified atom stereocenters. The van der Waals surface area contributed by atoms with Gasteiger partial charge in [0.15, 0.2) is 15.3 Å². The highest BCUT2D eigenvalue weighted by molar-refractivity contribution is 7.89. The second-order valence-electron chi connectivity index (χ2n) is 14.9. The molecule has 1 aliphatic rings. The molecule has 0 aromatic heterocycles. The molecule has 0 atom stereocenters. The van der Waals surface area contributed by atoms with Crippen LogP contribution in [0, 0.1) is 16.2 Å². The average Bonchev–Trinajstić information content (AvgIpc) is 2.62. The maximum Gasteiger partial charge on any atom is 0.326 e. The highest BCUT2D eigenvalue weighted by Crippen LogP contribution is 2.37. The lowest BCUT2D eigenvalue weighted by molar-refractivity contribution is -0.250. The van der Waals surface area contributed by atoms with Gasteiger partial charge in [-0.3, -0.25) is 9.59 Å². The molecule has 0 spiro atoms. The number of esters is 2. The van der Waals surface area contributed by atoms with Gasteiger partial charge in [-0.25, -0.2) is 8.42 Å². The Balaban J connectivity index is 0.000000619. The van der Waals surface area contributed by atoms with Gasteiger partial charge in [0, 0.05) is 20.1 Å². The van der Waals surface area contributed by atoms with E-state index < -0.39 is 33.0 Å². The molecule has 0 amide bonds. The van der Waals surface area contributed by atoms with Crippen LogP contribution in [0.1, 0.15) is 120 Å². The summed E-state index contributed by atoms with van der Waals surface area (Å²) in [5.41, 5.74) is 1.73. The summed E-state index contributed by atoms with van der Waals surface area (Å²) in [6.07, 6.45) is 3.47. The molecule has 1 saturated heterocycles. The number of hydrogen-bond acceptors (Lipinski definition) is 6. The van der Waals surface area contributed by atoms with Gasteiger partial charge >= 0.3 is 11.9 Å². The van der Waals surface area contributed by atoms with Crippen molar-refractivity contribution in [2.75, 3.05) is 6.26 Å². The van der Waals surface area contributed by atoms with Crippen LogP contribution in [0.25, 0.3) is 0 Å². The monoisotopic (exact) mass is 554 g/mol. The van der Waals surface area contributed by atoms with Crippen LogP contribution in [0.4, 0.5) is 0 Å². The van der Waals surface area contributed by atoms with Gasteiger partial charge < -0.3 is 9.47 Å². The van der Waals surface area contributed by atoms with E-state index in [9.17, 15) is 18.0 Å². The molecule has 1 aromatic carbocycles. The molecule has 1 aromatic rings. The minimum Gasteiger partial charge on any atom is -0.422 e. The summed E-state index contributed by atoms with van der Waals surface area (Å²) in [6, 6.07) is 7.78. The normalized spacial score (nSPS) is 17.2. The average molecular weight is 555 g/mol. The van der Waals surface area contributed by atoms with Gasteiger partial charge in [0.05, 0.1) is 5.75 Å². The number of carbonyl (C=O) groups is 2. The number of ether oxygens (including phenoxy) is 2.